The predicted molar refractivity (Wildman–Crippen MR) is 124 cm³/mol. The molecule has 0 saturated heterocycles. The zero-order valence-electron chi connectivity index (χ0n) is 19.4. The first-order valence-corrected chi connectivity index (χ1v) is 11.1. The summed E-state index contributed by atoms with van der Waals surface area (Å²) in [6.07, 6.45) is -4.08. The fourth-order valence-electron chi connectivity index (χ4n) is 3.60. The lowest BCUT2D eigenvalue weighted by Gasteiger charge is -2.20. The van der Waals surface area contributed by atoms with E-state index in [4.69, 9.17) is 14.6 Å². The molecule has 0 bridgehead atoms. The Hall–Kier alpha value is -3.55. The molecule has 1 atom stereocenters. The van der Waals surface area contributed by atoms with Crippen LogP contribution in [0.3, 0.4) is 0 Å². The van der Waals surface area contributed by atoms with Crippen molar-refractivity contribution in [3.8, 4) is 22.6 Å². The minimum atomic E-state index is -4.57. The molecule has 0 aliphatic carbocycles. The molecule has 1 unspecified atom stereocenters. The number of aliphatic carboxylic acids is 1. The maximum Gasteiger partial charge on any atom is 0.416 e. The SMILES string of the molecule is Cc1cc(OCCC(C)Oc2ccc(C(F)(F)F)cc2-c2ccccc2F)ccc1CCC(=O)O. The molecule has 0 radical (unpaired) electrons. The fraction of sp³-hybridized carbons (Fsp3) is 0.296. The Morgan fingerprint density at radius 3 is 2.43 bits per heavy atom. The molecule has 0 aromatic heterocycles. The summed E-state index contributed by atoms with van der Waals surface area (Å²) in [5.41, 5.74) is 1.02. The van der Waals surface area contributed by atoms with Gasteiger partial charge in [0, 0.05) is 24.0 Å². The average molecular weight is 490 g/mol. The van der Waals surface area contributed by atoms with E-state index in [2.05, 4.69) is 0 Å². The number of carboxylic acids is 1. The lowest BCUT2D eigenvalue weighted by Crippen LogP contribution is -2.17. The zero-order chi connectivity index (χ0) is 25.6. The van der Waals surface area contributed by atoms with Crippen LogP contribution in [0, 0.1) is 12.7 Å². The van der Waals surface area contributed by atoms with E-state index in [-0.39, 0.29) is 29.9 Å². The van der Waals surface area contributed by atoms with Crippen molar-refractivity contribution in [2.45, 2.75) is 45.4 Å². The minimum absolute atomic E-state index is 0.0236. The van der Waals surface area contributed by atoms with Crippen LogP contribution >= 0.6 is 0 Å². The Labute approximate surface area is 201 Å². The lowest BCUT2D eigenvalue weighted by atomic mass is 10.0. The van der Waals surface area contributed by atoms with Gasteiger partial charge in [-0.05, 0) is 67.8 Å². The van der Waals surface area contributed by atoms with Crippen molar-refractivity contribution >= 4 is 5.97 Å². The van der Waals surface area contributed by atoms with Gasteiger partial charge < -0.3 is 14.6 Å². The minimum Gasteiger partial charge on any atom is -0.493 e. The maximum absolute atomic E-state index is 14.4. The highest BCUT2D eigenvalue weighted by Gasteiger charge is 2.31. The van der Waals surface area contributed by atoms with Crippen molar-refractivity contribution in [1.82, 2.24) is 0 Å². The van der Waals surface area contributed by atoms with Crippen molar-refractivity contribution in [1.29, 1.82) is 0 Å². The van der Waals surface area contributed by atoms with Crippen molar-refractivity contribution in [2.24, 2.45) is 0 Å². The van der Waals surface area contributed by atoms with Gasteiger partial charge in [-0.1, -0.05) is 24.3 Å². The molecule has 35 heavy (non-hydrogen) atoms. The fourth-order valence-corrected chi connectivity index (χ4v) is 3.60. The molecule has 0 aliphatic heterocycles. The lowest BCUT2D eigenvalue weighted by molar-refractivity contribution is -0.138. The molecule has 0 amide bonds. The third-order valence-corrected chi connectivity index (χ3v) is 5.51. The summed E-state index contributed by atoms with van der Waals surface area (Å²) in [6, 6.07) is 14.1. The Morgan fingerprint density at radius 2 is 1.77 bits per heavy atom. The van der Waals surface area contributed by atoms with E-state index in [0.717, 1.165) is 23.3 Å². The number of aryl methyl sites for hydroxylation is 2. The topological polar surface area (TPSA) is 55.8 Å². The van der Waals surface area contributed by atoms with Crippen LogP contribution in [0.1, 0.15) is 36.5 Å². The molecule has 0 heterocycles. The van der Waals surface area contributed by atoms with Crippen molar-refractivity contribution in [3.05, 3.63) is 83.2 Å². The molecule has 0 spiro atoms. The quantitative estimate of drug-likeness (QED) is 0.309. The highest BCUT2D eigenvalue weighted by molar-refractivity contribution is 5.72. The van der Waals surface area contributed by atoms with Gasteiger partial charge in [0.2, 0.25) is 0 Å². The number of carbonyl (C=O) groups is 1. The summed E-state index contributed by atoms with van der Waals surface area (Å²) in [4.78, 5) is 10.8. The number of hydrogen-bond donors (Lipinski definition) is 1. The molecule has 0 saturated carbocycles. The first-order valence-electron chi connectivity index (χ1n) is 11.1. The van der Waals surface area contributed by atoms with Crippen molar-refractivity contribution in [3.63, 3.8) is 0 Å². The molecule has 4 nitrogen and oxygen atoms in total. The molecule has 186 valence electrons. The first kappa shape index (κ1) is 26.1. The van der Waals surface area contributed by atoms with Crippen LogP contribution in [-0.4, -0.2) is 23.8 Å². The molecular formula is C27H26F4O4. The summed E-state index contributed by atoms with van der Waals surface area (Å²) >= 11 is 0. The molecule has 3 rings (SSSR count). The Kier molecular flexibility index (Phi) is 8.38. The Morgan fingerprint density at radius 1 is 1.03 bits per heavy atom. The van der Waals surface area contributed by atoms with Gasteiger partial charge in [0.15, 0.2) is 0 Å². The molecule has 0 aliphatic rings. The summed E-state index contributed by atoms with van der Waals surface area (Å²) in [7, 11) is 0. The van der Waals surface area contributed by atoms with Crippen LogP contribution in [-0.2, 0) is 17.4 Å². The standard InChI is InChI=1S/C27H26F4O4/c1-17-15-21(10-7-19(17)8-12-26(32)33)34-14-13-18(2)35-25-11-9-20(27(29,30)31)16-23(25)22-5-3-4-6-24(22)28/h3-7,9-11,15-16,18H,8,12-14H2,1-2H3,(H,32,33). The van der Waals surface area contributed by atoms with Gasteiger partial charge in [-0.25, -0.2) is 4.39 Å². The second kappa shape index (κ2) is 11.3. The van der Waals surface area contributed by atoms with Gasteiger partial charge in [-0.3, -0.25) is 4.79 Å². The van der Waals surface area contributed by atoms with Crippen LogP contribution in [0.4, 0.5) is 17.6 Å². The van der Waals surface area contributed by atoms with Gasteiger partial charge in [0.05, 0.1) is 18.3 Å². The first-order chi connectivity index (χ1) is 16.5. The summed E-state index contributed by atoms with van der Waals surface area (Å²) in [6.45, 7) is 3.92. The van der Waals surface area contributed by atoms with E-state index in [1.54, 1.807) is 19.1 Å². The summed E-state index contributed by atoms with van der Waals surface area (Å²) < 4.78 is 65.8. The summed E-state index contributed by atoms with van der Waals surface area (Å²) in [5.74, 6) is -0.732. The van der Waals surface area contributed by atoms with E-state index in [9.17, 15) is 22.4 Å². The van der Waals surface area contributed by atoms with Crippen LogP contribution < -0.4 is 9.47 Å². The highest BCUT2D eigenvalue weighted by Crippen LogP contribution is 2.38. The predicted octanol–water partition coefficient (Wildman–Crippen LogP) is 7.07. The second-order valence-corrected chi connectivity index (χ2v) is 8.24. The number of carboxylic acid groups (broad SMARTS) is 1. The normalized spacial score (nSPS) is 12.3. The van der Waals surface area contributed by atoms with Gasteiger partial charge in [0.1, 0.15) is 17.3 Å². The van der Waals surface area contributed by atoms with E-state index in [0.29, 0.717) is 18.6 Å². The molecular weight excluding hydrogens is 464 g/mol. The monoisotopic (exact) mass is 490 g/mol. The van der Waals surface area contributed by atoms with Crippen molar-refractivity contribution in [2.75, 3.05) is 6.61 Å². The maximum atomic E-state index is 14.4. The Balaban J connectivity index is 1.67. The highest BCUT2D eigenvalue weighted by atomic mass is 19.4. The largest absolute Gasteiger partial charge is 0.493 e. The van der Waals surface area contributed by atoms with Crippen LogP contribution in [0.15, 0.2) is 60.7 Å². The summed E-state index contributed by atoms with van der Waals surface area (Å²) in [5, 5.41) is 8.83. The number of benzene rings is 3. The third kappa shape index (κ3) is 7.21. The number of rotatable bonds is 10. The van der Waals surface area contributed by atoms with Gasteiger partial charge in [-0.15, -0.1) is 0 Å². The molecule has 3 aromatic rings. The van der Waals surface area contributed by atoms with Gasteiger partial charge in [-0.2, -0.15) is 13.2 Å². The number of ether oxygens (including phenoxy) is 2. The van der Waals surface area contributed by atoms with E-state index in [1.165, 1.54) is 24.3 Å². The molecule has 8 heteroatoms. The zero-order valence-corrected chi connectivity index (χ0v) is 19.4. The number of alkyl halides is 3. The smallest absolute Gasteiger partial charge is 0.416 e. The Bertz CT molecular complexity index is 1170. The third-order valence-electron chi connectivity index (χ3n) is 5.51. The molecule has 1 N–H and O–H groups in total. The van der Waals surface area contributed by atoms with E-state index in [1.807, 2.05) is 19.1 Å². The van der Waals surface area contributed by atoms with E-state index >= 15 is 0 Å². The van der Waals surface area contributed by atoms with Crippen LogP contribution in [0.2, 0.25) is 0 Å². The van der Waals surface area contributed by atoms with E-state index < -0.39 is 29.6 Å². The second-order valence-electron chi connectivity index (χ2n) is 8.24. The average Bonchev–Trinajstić information content (AvgIpc) is 2.78. The number of hydrogen-bond acceptors (Lipinski definition) is 3. The molecule has 0 fully saturated rings. The molecule has 3 aromatic carbocycles. The van der Waals surface area contributed by atoms with Gasteiger partial charge >= 0.3 is 12.1 Å². The van der Waals surface area contributed by atoms with Crippen LogP contribution in [0.5, 0.6) is 11.5 Å². The number of halogens is 4. The van der Waals surface area contributed by atoms with Crippen molar-refractivity contribution < 1.29 is 36.9 Å². The van der Waals surface area contributed by atoms with Gasteiger partial charge in [0.25, 0.3) is 0 Å². The van der Waals surface area contributed by atoms with Crippen LogP contribution in [0.25, 0.3) is 11.1 Å².